The smallest absolute Gasteiger partial charge is 0.457 e. The van der Waals surface area contributed by atoms with Crippen molar-refractivity contribution < 1.29 is 43.0 Å². The van der Waals surface area contributed by atoms with E-state index in [0.29, 0.717) is 6.61 Å². The zero-order chi connectivity index (χ0) is 49.5. The van der Waals surface area contributed by atoms with Crippen molar-refractivity contribution in [3.63, 3.8) is 0 Å². The van der Waals surface area contributed by atoms with Gasteiger partial charge >= 0.3 is 13.8 Å². The van der Waals surface area contributed by atoms with Crippen LogP contribution in [0.1, 0.15) is 258 Å². The number of ether oxygens (including phenoxy) is 2. The quantitative estimate of drug-likeness (QED) is 0.0236. The van der Waals surface area contributed by atoms with Crippen molar-refractivity contribution in [2.24, 2.45) is 0 Å². The molecule has 3 atom stereocenters. The second-order valence-electron chi connectivity index (χ2n) is 18.9. The largest absolute Gasteiger partial charge is 0.472 e. The lowest BCUT2D eigenvalue weighted by molar-refractivity contribution is -0.154. The minimum absolute atomic E-state index is 0.0465. The molecule has 0 saturated carbocycles. The number of hydrogen-bond acceptors (Lipinski definition) is 8. The Balaban J connectivity index is 4.02. The van der Waals surface area contributed by atoms with Crippen LogP contribution in [0.15, 0.2) is 60.8 Å². The first kappa shape index (κ1) is 66.2. The van der Waals surface area contributed by atoms with Crippen LogP contribution in [-0.2, 0) is 27.9 Å². The maximum absolute atomic E-state index is 12.7. The topological polar surface area (TPSA) is 132 Å². The number of rotatable bonds is 54. The molecule has 0 heterocycles. The Morgan fingerprint density at radius 3 is 1.28 bits per heavy atom. The van der Waals surface area contributed by atoms with Gasteiger partial charge in [0.15, 0.2) is 0 Å². The molecule has 0 bridgehead atoms. The van der Waals surface area contributed by atoms with Crippen LogP contribution in [0.5, 0.6) is 0 Å². The van der Waals surface area contributed by atoms with Crippen LogP contribution in [0.3, 0.4) is 0 Å². The van der Waals surface area contributed by atoms with E-state index in [-0.39, 0.29) is 25.6 Å². The Labute approximate surface area is 419 Å². The molecule has 0 aliphatic heterocycles. The van der Waals surface area contributed by atoms with E-state index >= 15 is 0 Å². The van der Waals surface area contributed by atoms with Gasteiger partial charge in [-0.1, -0.05) is 235 Å². The number of phosphoric ester groups is 1. The van der Waals surface area contributed by atoms with Gasteiger partial charge < -0.3 is 24.6 Å². The second-order valence-corrected chi connectivity index (χ2v) is 20.4. The summed E-state index contributed by atoms with van der Waals surface area (Å²) in [5, 5.41) is 18.5. The predicted octanol–water partition coefficient (Wildman–Crippen LogP) is 17.0. The summed E-state index contributed by atoms with van der Waals surface area (Å²) in [6.07, 6.45) is 66.3. The van der Waals surface area contributed by atoms with Gasteiger partial charge in [0.05, 0.1) is 26.4 Å². The lowest BCUT2D eigenvalue weighted by Gasteiger charge is -2.20. The number of esters is 1. The highest BCUT2D eigenvalue weighted by Gasteiger charge is 2.26. The van der Waals surface area contributed by atoms with E-state index in [1.807, 2.05) is 0 Å². The van der Waals surface area contributed by atoms with Crippen molar-refractivity contribution in [1.82, 2.24) is 0 Å². The Hall–Kier alpha value is -1.84. The first-order valence-electron chi connectivity index (χ1n) is 28.3. The molecule has 10 heteroatoms. The van der Waals surface area contributed by atoms with Gasteiger partial charge in [-0.25, -0.2) is 4.57 Å². The highest BCUT2D eigenvalue weighted by molar-refractivity contribution is 7.47. The Bertz CT molecular complexity index is 1250. The molecular weight excluding hydrogens is 872 g/mol. The van der Waals surface area contributed by atoms with Crippen LogP contribution in [0.25, 0.3) is 0 Å². The molecule has 9 nitrogen and oxygen atoms in total. The normalized spacial score (nSPS) is 14.1. The predicted molar refractivity (Wildman–Crippen MR) is 288 cm³/mol. The molecule has 398 valence electrons. The number of phosphoric acid groups is 1. The molecule has 0 aromatic heterocycles. The highest BCUT2D eigenvalue weighted by atomic mass is 31.2. The van der Waals surface area contributed by atoms with E-state index in [1.165, 1.54) is 173 Å². The molecule has 0 amide bonds. The molecule has 3 N–H and O–H groups in total. The first-order valence-corrected chi connectivity index (χ1v) is 29.8. The number of aliphatic hydroxyl groups excluding tert-OH is 2. The summed E-state index contributed by atoms with van der Waals surface area (Å²) in [4.78, 5) is 22.8. The maximum atomic E-state index is 12.7. The number of carbonyl (C=O) groups excluding carboxylic acids is 1. The number of aliphatic hydroxyl groups is 2. The van der Waals surface area contributed by atoms with Crippen molar-refractivity contribution >= 4 is 13.8 Å². The molecular formula is C58H107O9P. The molecule has 0 fully saturated rings. The fourth-order valence-corrected chi connectivity index (χ4v) is 8.72. The van der Waals surface area contributed by atoms with Gasteiger partial charge in [0.25, 0.3) is 0 Å². The highest BCUT2D eigenvalue weighted by Crippen LogP contribution is 2.43. The third-order valence-electron chi connectivity index (χ3n) is 12.2. The van der Waals surface area contributed by atoms with Gasteiger partial charge in [-0.05, 0) is 77.0 Å². The van der Waals surface area contributed by atoms with E-state index < -0.39 is 33.2 Å². The minimum Gasteiger partial charge on any atom is -0.457 e. The monoisotopic (exact) mass is 979 g/mol. The van der Waals surface area contributed by atoms with Crippen molar-refractivity contribution in [2.75, 3.05) is 33.0 Å². The Kier molecular flexibility index (Phi) is 53.0. The number of hydrogen-bond donors (Lipinski definition) is 3. The van der Waals surface area contributed by atoms with Gasteiger partial charge in [-0.15, -0.1) is 0 Å². The molecule has 68 heavy (non-hydrogen) atoms. The van der Waals surface area contributed by atoms with Crippen LogP contribution in [0.2, 0.25) is 0 Å². The maximum Gasteiger partial charge on any atom is 0.472 e. The summed E-state index contributed by atoms with van der Waals surface area (Å²) >= 11 is 0. The first-order chi connectivity index (χ1) is 33.3. The second kappa shape index (κ2) is 54.5. The molecule has 0 rings (SSSR count). The molecule has 3 unspecified atom stereocenters. The third kappa shape index (κ3) is 53.5. The van der Waals surface area contributed by atoms with E-state index in [1.54, 1.807) is 0 Å². The van der Waals surface area contributed by atoms with Crippen LogP contribution in [0.4, 0.5) is 0 Å². The van der Waals surface area contributed by atoms with Crippen LogP contribution >= 0.6 is 7.82 Å². The average Bonchev–Trinajstić information content (AvgIpc) is 3.33. The number of unbranched alkanes of at least 4 members (excludes halogenated alkanes) is 30. The third-order valence-corrected chi connectivity index (χ3v) is 13.1. The summed E-state index contributed by atoms with van der Waals surface area (Å²) in [5.41, 5.74) is 0. The minimum atomic E-state index is -4.53. The summed E-state index contributed by atoms with van der Waals surface area (Å²) < 4.78 is 33.6. The fourth-order valence-electron chi connectivity index (χ4n) is 7.93. The Morgan fingerprint density at radius 1 is 0.471 bits per heavy atom. The SMILES string of the molecule is CC/C=C\C/C=C\C/C=C\C/C=C\CCCCCCCCCCCCCOCC(COP(=O)(O)OCC(O)CO)OC(=O)CCCCCCCCCCCCC/C=C\CCCCCCCCCC. The molecule has 0 radical (unpaired) electrons. The zero-order valence-corrected chi connectivity index (χ0v) is 45.0. The van der Waals surface area contributed by atoms with Gasteiger partial charge in [-0.2, -0.15) is 0 Å². The molecule has 0 aliphatic carbocycles. The molecule has 0 saturated heterocycles. The van der Waals surface area contributed by atoms with Crippen LogP contribution in [-0.4, -0.2) is 66.3 Å². The fraction of sp³-hybridized carbons (Fsp3) is 0.810. The summed E-state index contributed by atoms with van der Waals surface area (Å²) in [5.74, 6) is -0.382. The van der Waals surface area contributed by atoms with Crippen molar-refractivity contribution in [1.29, 1.82) is 0 Å². The van der Waals surface area contributed by atoms with Gasteiger partial charge in [-0.3, -0.25) is 13.8 Å². The van der Waals surface area contributed by atoms with E-state index in [4.69, 9.17) is 23.6 Å². The van der Waals surface area contributed by atoms with Crippen molar-refractivity contribution in [3.8, 4) is 0 Å². The average molecular weight is 979 g/mol. The molecule has 0 spiro atoms. The number of carbonyl (C=O) groups is 1. The van der Waals surface area contributed by atoms with Gasteiger partial charge in [0.2, 0.25) is 0 Å². The number of allylic oxidation sites excluding steroid dienone is 10. The molecule has 0 aliphatic rings. The van der Waals surface area contributed by atoms with Crippen LogP contribution in [0, 0.1) is 0 Å². The summed E-state index contributed by atoms with van der Waals surface area (Å²) in [6.45, 7) is 3.44. The van der Waals surface area contributed by atoms with Gasteiger partial charge in [0.1, 0.15) is 12.2 Å². The van der Waals surface area contributed by atoms with E-state index in [0.717, 1.165) is 64.2 Å². The summed E-state index contributed by atoms with van der Waals surface area (Å²) in [7, 11) is -4.53. The van der Waals surface area contributed by atoms with Crippen molar-refractivity contribution in [3.05, 3.63) is 60.8 Å². The standard InChI is InChI=1S/C58H107O9P/c1-3-5-7-9-11-13-15-17-19-21-23-25-27-29-31-33-35-37-39-41-43-45-47-49-51-64-54-57(55-66-68(62,63)65-53-56(60)52-59)67-58(61)50-48-46-44-42-40-38-36-34-32-30-28-26-24-22-20-18-16-14-12-10-8-6-4-2/h5,7,11,13,17,19,22-25,56-57,59-60H,3-4,6,8-10,12,14-16,18,20-21,26-55H2,1-2H3,(H,62,63)/b7-5-,13-11-,19-17-,24-22-,25-23-. The lowest BCUT2D eigenvalue weighted by Crippen LogP contribution is -2.29. The van der Waals surface area contributed by atoms with Crippen LogP contribution < -0.4 is 0 Å². The molecule has 0 aromatic carbocycles. The van der Waals surface area contributed by atoms with Crippen molar-refractivity contribution in [2.45, 2.75) is 270 Å². The van der Waals surface area contributed by atoms with E-state index in [9.17, 15) is 19.4 Å². The zero-order valence-electron chi connectivity index (χ0n) is 44.1. The molecule has 0 aromatic rings. The Morgan fingerprint density at radius 2 is 0.838 bits per heavy atom. The summed E-state index contributed by atoms with van der Waals surface area (Å²) in [6, 6.07) is 0. The lowest BCUT2D eigenvalue weighted by atomic mass is 10.0. The van der Waals surface area contributed by atoms with E-state index in [2.05, 4.69) is 74.6 Å². The van der Waals surface area contributed by atoms with Gasteiger partial charge in [0, 0.05) is 13.0 Å².